The highest BCUT2D eigenvalue weighted by atomic mass is 16.5. The maximum atomic E-state index is 12.3. The van der Waals surface area contributed by atoms with Crippen LogP contribution in [0, 0.1) is 0 Å². The Bertz CT molecular complexity index is 946. The van der Waals surface area contributed by atoms with Crippen molar-refractivity contribution in [2.75, 3.05) is 37.0 Å². The first-order valence-electron chi connectivity index (χ1n) is 10.9. The summed E-state index contributed by atoms with van der Waals surface area (Å²) in [5, 5.41) is 6.00. The fourth-order valence-corrected chi connectivity index (χ4v) is 2.89. The van der Waals surface area contributed by atoms with Gasteiger partial charge in [-0.15, -0.1) is 0 Å². The van der Waals surface area contributed by atoms with Crippen LogP contribution in [0.5, 0.6) is 17.2 Å². The van der Waals surface area contributed by atoms with Crippen LogP contribution in [0.1, 0.15) is 19.8 Å². The van der Waals surface area contributed by atoms with Gasteiger partial charge in [0.05, 0.1) is 13.2 Å². The minimum absolute atomic E-state index is 0.132. The van der Waals surface area contributed by atoms with E-state index in [1.807, 2.05) is 78.9 Å². The number of unbranched alkanes of at least 4 members (excludes halogenated alkanes) is 1. The van der Waals surface area contributed by atoms with Crippen molar-refractivity contribution in [1.29, 1.82) is 0 Å². The molecule has 0 bridgehead atoms. The first-order valence-corrected chi connectivity index (χ1v) is 10.9. The highest BCUT2D eigenvalue weighted by Crippen LogP contribution is 2.18. The molecule has 32 heavy (non-hydrogen) atoms. The van der Waals surface area contributed by atoms with Gasteiger partial charge in [-0.05, 0) is 55.0 Å². The first kappa shape index (κ1) is 23.0. The zero-order valence-corrected chi connectivity index (χ0v) is 18.4. The number of rotatable bonds is 13. The van der Waals surface area contributed by atoms with E-state index in [0.29, 0.717) is 25.5 Å². The standard InChI is InChI=1S/C26H30N2O4/c1-2-3-16-30-25-11-7-8-22(19-25)27-20-26(29)28-21-12-14-24(15-13-21)32-18-17-31-23-9-5-4-6-10-23/h4-15,19,27H,2-3,16-18,20H2,1H3,(H,28,29). The van der Waals surface area contributed by atoms with Crippen LogP contribution in [-0.2, 0) is 4.79 Å². The molecule has 0 atom stereocenters. The van der Waals surface area contributed by atoms with Gasteiger partial charge in [0.25, 0.3) is 0 Å². The molecule has 3 rings (SSSR count). The van der Waals surface area contributed by atoms with E-state index in [4.69, 9.17) is 14.2 Å². The zero-order chi connectivity index (χ0) is 22.4. The van der Waals surface area contributed by atoms with Gasteiger partial charge in [-0.2, -0.15) is 0 Å². The fraction of sp³-hybridized carbons (Fsp3) is 0.269. The molecule has 0 heterocycles. The molecule has 0 radical (unpaired) electrons. The predicted octanol–water partition coefficient (Wildman–Crippen LogP) is 5.37. The third-order valence-electron chi connectivity index (χ3n) is 4.56. The van der Waals surface area contributed by atoms with Gasteiger partial charge in [-0.1, -0.05) is 37.6 Å². The van der Waals surface area contributed by atoms with Crippen molar-refractivity contribution in [3.05, 3.63) is 78.9 Å². The average molecular weight is 435 g/mol. The second-order valence-corrected chi connectivity index (χ2v) is 7.17. The third-order valence-corrected chi connectivity index (χ3v) is 4.56. The van der Waals surface area contributed by atoms with E-state index in [1.165, 1.54) is 0 Å². The molecule has 0 saturated carbocycles. The zero-order valence-electron chi connectivity index (χ0n) is 18.4. The SMILES string of the molecule is CCCCOc1cccc(NCC(=O)Nc2ccc(OCCOc3ccccc3)cc2)c1. The van der Waals surface area contributed by atoms with E-state index >= 15 is 0 Å². The van der Waals surface area contributed by atoms with Crippen molar-refractivity contribution >= 4 is 17.3 Å². The Morgan fingerprint density at radius 1 is 0.719 bits per heavy atom. The molecule has 0 fully saturated rings. The van der Waals surface area contributed by atoms with E-state index in [0.717, 1.165) is 35.8 Å². The Hall–Kier alpha value is -3.67. The van der Waals surface area contributed by atoms with Crippen LogP contribution < -0.4 is 24.8 Å². The van der Waals surface area contributed by atoms with Crippen LogP contribution in [0.25, 0.3) is 0 Å². The summed E-state index contributed by atoms with van der Waals surface area (Å²) in [6.07, 6.45) is 2.11. The van der Waals surface area contributed by atoms with Crippen molar-refractivity contribution in [2.24, 2.45) is 0 Å². The number of carbonyl (C=O) groups is 1. The molecule has 0 saturated heterocycles. The van der Waals surface area contributed by atoms with Crippen LogP contribution in [0.3, 0.4) is 0 Å². The Balaban J connectivity index is 1.36. The van der Waals surface area contributed by atoms with Gasteiger partial charge in [0.15, 0.2) is 0 Å². The van der Waals surface area contributed by atoms with Crippen LogP contribution in [0.15, 0.2) is 78.9 Å². The molecule has 168 valence electrons. The third kappa shape index (κ3) is 8.22. The van der Waals surface area contributed by atoms with Crippen molar-refractivity contribution < 1.29 is 19.0 Å². The summed E-state index contributed by atoms with van der Waals surface area (Å²) in [6, 6.07) is 24.5. The molecule has 0 aliphatic carbocycles. The molecule has 0 aliphatic heterocycles. The smallest absolute Gasteiger partial charge is 0.243 e. The monoisotopic (exact) mass is 434 g/mol. The van der Waals surface area contributed by atoms with E-state index in [-0.39, 0.29) is 12.5 Å². The Morgan fingerprint density at radius 2 is 1.38 bits per heavy atom. The summed E-state index contributed by atoms with van der Waals surface area (Å²) in [6.45, 7) is 3.88. The number of carbonyl (C=O) groups excluding carboxylic acids is 1. The Morgan fingerprint density at radius 3 is 2.09 bits per heavy atom. The summed E-state index contributed by atoms with van der Waals surface area (Å²) in [5.41, 5.74) is 1.55. The molecule has 6 heteroatoms. The second kappa shape index (κ2) is 12.9. The molecular weight excluding hydrogens is 404 g/mol. The predicted molar refractivity (Wildman–Crippen MR) is 128 cm³/mol. The first-order chi connectivity index (χ1) is 15.7. The van der Waals surface area contributed by atoms with Crippen LogP contribution in [0.2, 0.25) is 0 Å². The van der Waals surface area contributed by atoms with Crippen LogP contribution in [-0.4, -0.2) is 32.3 Å². The van der Waals surface area contributed by atoms with Crippen LogP contribution in [0.4, 0.5) is 11.4 Å². The van der Waals surface area contributed by atoms with Crippen molar-refractivity contribution in [3.8, 4) is 17.2 Å². The molecule has 3 aromatic carbocycles. The van der Waals surface area contributed by atoms with Gasteiger partial charge in [-0.3, -0.25) is 4.79 Å². The number of amides is 1. The molecule has 0 spiro atoms. The average Bonchev–Trinajstić information content (AvgIpc) is 2.83. The lowest BCUT2D eigenvalue weighted by atomic mass is 10.3. The molecule has 0 aliphatic rings. The van der Waals surface area contributed by atoms with Crippen molar-refractivity contribution in [2.45, 2.75) is 19.8 Å². The van der Waals surface area contributed by atoms with Gasteiger partial charge in [0, 0.05) is 17.4 Å². The van der Waals surface area contributed by atoms with Gasteiger partial charge in [-0.25, -0.2) is 0 Å². The maximum Gasteiger partial charge on any atom is 0.243 e. The molecule has 1 amide bonds. The second-order valence-electron chi connectivity index (χ2n) is 7.17. The fourth-order valence-electron chi connectivity index (χ4n) is 2.89. The number of ether oxygens (including phenoxy) is 3. The molecular formula is C26H30N2O4. The molecule has 3 aromatic rings. The highest BCUT2D eigenvalue weighted by molar-refractivity contribution is 5.93. The number of nitrogens with one attached hydrogen (secondary N) is 2. The number of anilines is 2. The lowest BCUT2D eigenvalue weighted by Crippen LogP contribution is -2.21. The number of hydrogen-bond acceptors (Lipinski definition) is 5. The number of benzene rings is 3. The summed E-state index contributed by atoms with van der Waals surface area (Å²) < 4.78 is 17.0. The number of para-hydroxylation sites is 1. The van der Waals surface area contributed by atoms with E-state index in [9.17, 15) is 4.79 Å². The minimum atomic E-state index is -0.132. The Labute approximate surface area is 189 Å². The molecule has 2 N–H and O–H groups in total. The van der Waals surface area contributed by atoms with Crippen molar-refractivity contribution in [1.82, 2.24) is 0 Å². The van der Waals surface area contributed by atoms with E-state index < -0.39 is 0 Å². The topological polar surface area (TPSA) is 68.8 Å². The summed E-state index contributed by atoms with van der Waals surface area (Å²) in [4.78, 5) is 12.3. The summed E-state index contributed by atoms with van der Waals surface area (Å²) in [5.74, 6) is 2.21. The van der Waals surface area contributed by atoms with Gasteiger partial charge >= 0.3 is 0 Å². The normalized spacial score (nSPS) is 10.3. The molecule has 0 unspecified atom stereocenters. The van der Waals surface area contributed by atoms with Crippen LogP contribution >= 0.6 is 0 Å². The van der Waals surface area contributed by atoms with E-state index in [1.54, 1.807) is 0 Å². The maximum absolute atomic E-state index is 12.3. The van der Waals surface area contributed by atoms with Crippen molar-refractivity contribution in [3.63, 3.8) is 0 Å². The quantitative estimate of drug-likeness (QED) is 0.354. The highest BCUT2D eigenvalue weighted by Gasteiger charge is 2.04. The van der Waals surface area contributed by atoms with Gasteiger partial charge < -0.3 is 24.8 Å². The summed E-state index contributed by atoms with van der Waals surface area (Å²) in [7, 11) is 0. The number of hydrogen-bond donors (Lipinski definition) is 2. The lowest BCUT2D eigenvalue weighted by molar-refractivity contribution is -0.114. The van der Waals surface area contributed by atoms with Gasteiger partial charge in [0.1, 0.15) is 30.5 Å². The van der Waals surface area contributed by atoms with E-state index in [2.05, 4.69) is 17.6 Å². The summed E-state index contributed by atoms with van der Waals surface area (Å²) >= 11 is 0. The molecule has 0 aromatic heterocycles. The lowest BCUT2D eigenvalue weighted by Gasteiger charge is -2.11. The van der Waals surface area contributed by atoms with Gasteiger partial charge in [0.2, 0.25) is 5.91 Å². The largest absolute Gasteiger partial charge is 0.494 e. The minimum Gasteiger partial charge on any atom is -0.494 e. The Kier molecular flexibility index (Phi) is 9.27. The molecule has 6 nitrogen and oxygen atoms in total.